The number of ether oxygens (including phenoxy) is 3. The zero-order valence-corrected chi connectivity index (χ0v) is 19.4. The van der Waals surface area contributed by atoms with Crippen molar-refractivity contribution in [3.8, 4) is 17.2 Å². The van der Waals surface area contributed by atoms with Crippen LogP contribution in [0.2, 0.25) is 0 Å². The number of benzene rings is 1. The number of rotatable bonds is 16. The minimum Gasteiger partial charge on any atom is -0.493 e. The number of hydrogen-bond donors (Lipinski definition) is 0. The first-order valence-electron chi connectivity index (χ1n) is 11.8. The van der Waals surface area contributed by atoms with E-state index in [0.717, 1.165) is 25.7 Å². The zero-order chi connectivity index (χ0) is 22.3. The molecule has 0 aliphatic heterocycles. The summed E-state index contributed by atoms with van der Waals surface area (Å²) in [6, 6.07) is 5.47. The Labute approximate surface area is 186 Å². The van der Waals surface area contributed by atoms with Crippen molar-refractivity contribution in [3.63, 3.8) is 0 Å². The summed E-state index contributed by atoms with van der Waals surface area (Å²) in [6.45, 7) is 5.46. The summed E-state index contributed by atoms with van der Waals surface area (Å²) in [7, 11) is 1.46. The molecule has 0 saturated heterocycles. The van der Waals surface area contributed by atoms with E-state index < -0.39 is 5.63 Å². The van der Waals surface area contributed by atoms with Gasteiger partial charge < -0.3 is 18.6 Å². The van der Waals surface area contributed by atoms with E-state index in [9.17, 15) is 4.79 Å². The van der Waals surface area contributed by atoms with Gasteiger partial charge >= 0.3 is 5.63 Å². The highest BCUT2D eigenvalue weighted by Gasteiger charge is 2.17. The van der Waals surface area contributed by atoms with Gasteiger partial charge in [-0.2, -0.15) is 0 Å². The predicted octanol–water partition coefficient (Wildman–Crippen LogP) is 7.06. The molecule has 0 N–H and O–H groups in total. The molecule has 0 aliphatic rings. The maximum absolute atomic E-state index is 12.4. The van der Waals surface area contributed by atoms with Crippen molar-refractivity contribution in [2.45, 2.75) is 78.1 Å². The highest BCUT2D eigenvalue weighted by atomic mass is 16.5. The Bertz CT molecular complexity index is 853. The van der Waals surface area contributed by atoms with Crippen LogP contribution in [0.3, 0.4) is 0 Å². The number of unbranched alkanes of at least 4 members (excludes halogenated alkanes) is 7. The molecule has 0 aliphatic carbocycles. The van der Waals surface area contributed by atoms with Gasteiger partial charge in [0.2, 0.25) is 5.75 Å². The maximum Gasteiger partial charge on any atom is 0.383 e. The first-order chi connectivity index (χ1) is 15.2. The number of methoxy groups -OCH3 is 1. The number of fused-ring (bicyclic) bond motifs is 1. The minimum absolute atomic E-state index is 0.116. The standard InChI is InChI=1S/C26H38O5/c1-4-6-8-10-11-12-13-15-19-30-24-22-17-16-21(29-18-14-9-7-5-2)20-23(22)31-26(27)25(24)28-3/h7,9,16-17,20H,4-6,8,10-15,18-19H2,1-3H3/b9-7+. The van der Waals surface area contributed by atoms with Gasteiger partial charge in [-0.1, -0.05) is 70.9 Å². The summed E-state index contributed by atoms with van der Waals surface area (Å²) < 4.78 is 22.5. The van der Waals surface area contributed by atoms with Crippen LogP contribution >= 0.6 is 0 Å². The highest BCUT2D eigenvalue weighted by molar-refractivity contribution is 5.86. The molecular weight excluding hydrogens is 392 g/mol. The second kappa shape index (κ2) is 14.6. The molecule has 0 bridgehead atoms. The second-order valence-corrected chi connectivity index (χ2v) is 7.75. The average Bonchev–Trinajstić information content (AvgIpc) is 2.77. The Morgan fingerprint density at radius 3 is 2.32 bits per heavy atom. The molecule has 5 nitrogen and oxygen atoms in total. The average molecular weight is 431 g/mol. The lowest BCUT2D eigenvalue weighted by atomic mass is 10.1. The van der Waals surface area contributed by atoms with Gasteiger partial charge in [0.15, 0.2) is 5.75 Å². The van der Waals surface area contributed by atoms with E-state index in [2.05, 4.69) is 26.0 Å². The lowest BCUT2D eigenvalue weighted by Crippen LogP contribution is -2.09. The Balaban J connectivity index is 1.96. The topological polar surface area (TPSA) is 57.9 Å². The van der Waals surface area contributed by atoms with E-state index in [4.69, 9.17) is 18.6 Å². The summed E-state index contributed by atoms with van der Waals surface area (Å²) in [5, 5.41) is 0.717. The van der Waals surface area contributed by atoms with E-state index in [1.165, 1.54) is 45.6 Å². The molecule has 2 aromatic rings. The molecule has 2 rings (SSSR count). The summed E-state index contributed by atoms with van der Waals surface area (Å²) in [6.07, 6.45) is 15.9. The molecule has 0 fully saturated rings. The third kappa shape index (κ3) is 8.31. The normalized spacial score (nSPS) is 11.3. The van der Waals surface area contributed by atoms with E-state index >= 15 is 0 Å². The van der Waals surface area contributed by atoms with E-state index in [-0.39, 0.29) is 5.75 Å². The van der Waals surface area contributed by atoms with E-state index in [0.29, 0.717) is 35.7 Å². The van der Waals surface area contributed by atoms with Crippen LogP contribution in [0.15, 0.2) is 39.6 Å². The van der Waals surface area contributed by atoms with E-state index in [1.807, 2.05) is 12.1 Å². The quantitative estimate of drug-likeness (QED) is 0.162. The monoisotopic (exact) mass is 430 g/mol. The van der Waals surface area contributed by atoms with Crippen molar-refractivity contribution in [1.82, 2.24) is 0 Å². The molecule has 1 heterocycles. The van der Waals surface area contributed by atoms with Crippen molar-refractivity contribution in [2.24, 2.45) is 0 Å². The molecule has 0 unspecified atom stereocenters. The summed E-state index contributed by atoms with van der Waals surface area (Å²) in [4.78, 5) is 12.4. The van der Waals surface area contributed by atoms with Crippen molar-refractivity contribution in [1.29, 1.82) is 0 Å². The van der Waals surface area contributed by atoms with Gasteiger partial charge in [-0.25, -0.2) is 4.79 Å². The third-order valence-electron chi connectivity index (χ3n) is 5.20. The van der Waals surface area contributed by atoms with Gasteiger partial charge in [0.1, 0.15) is 11.3 Å². The minimum atomic E-state index is -0.538. The van der Waals surface area contributed by atoms with Crippen LogP contribution in [-0.4, -0.2) is 20.3 Å². The van der Waals surface area contributed by atoms with Crippen LogP contribution < -0.4 is 19.8 Å². The van der Waals surface area contributed by atoms with Crippen LogP contribution in [0.4, 0.5) is 0 Å². The fraction of sp³-hybridized carbons (Fsp3) is 0.577. The molecule has 0 spiro atoms. The van der Waals surface area contributed by atoms with E-state index in [1.54, 1.807) is 6.07 Å². The number of allylic oxidation sites excluding steroid dienone is 1. The Morgan fingerprint density at radius 2 is 1.61 bits per heavy atom. The molecule has 5 heteroatoms. The molecule has 1 aromatic heterocycles. The van der Waals surface area contributed by atoms with Crippen molar-refractivity contribution < 1.29 is 18.6 Å². The summed E-state index contributed by atoms with van der Waals surface area (Å²) in [5.41, 5.74) is -0.0951. The molecule has 31 heavy (non-hydrogen) atoms. The molecule has 0 radical (unpaired) electrons. The largest absolute Gasteiger partial charge is 0.493 e. The third-order valence-corrected chi connectivity index (χ3v) is 5.20. The lowest BCUT2D eigenvalue weighted by molar-refractivity contribution is 0.280. The molecule has 0 atom stereocenters. The smallest absolute Gasteiger partial charge is 0.383 e. The summed E-state index contributed by atoms with van der Waals surface area (Å²) in [5.74, 6) is 1.24. The van der Waals surface area contributed by atoms with Crippen LogP contribution in [0.25, 0.3) is 11.0 Å². The summed E-state index contributed by atoms with van der Waals surface area (Å²) >= 11 is 0. The zero-order valence-electron chi connectivity index (χ0n) is 19.4. The van der Waals surface area contributed by atoms with Crippen LogP contribution in [0.5, 0.6) is 17.2 Å². The van der Waals surface area contributed by atoms with Gasteiger partial charge in [0.25, 0.3) is 0 Å². The Kier molecular flexibility index (Phi) is 11.7. The van der Waals surface area contributed by atoms with Gasteiger partial charge in [-0.15, -0.1) is 0 Å². The Hall–Kier alpha value is -2.43. The number of hydrogen-bond acceptors (Lipinski definition) is 5. The van der Waals surface area contributed by atoms with Gasteiger partial charge in [0, 0.05) is 6.07 Å². The fourth-order valence-corrected chi connectivity index (χ4v) is 3.48. The first kappa shape index (κ1) is 24.8. The van der Waals surface area contributed by atoms with Gasteiger partial charge in [0.05, 0.1) is 25.7 Å². The maximum atomic E-state index is 12.4. The SMILES string of the molecule is CC/C=C/CCOc1ccc2c(OCCCCCCCCCC)c(OC)c(=O)oc2c1. The lowest BCUT2D eigenvalue weighted by Gasteiger charge is -2.13. The van der Waals surface area contributed by atoms with Crippen LogP contribution in [0, 0.1) is 0 Å². The molecule has 1 aromatic carbocycles. The van der Waals surface area contributed by atoms with Gasteiger partial charge in [-0.05, 0) is 31.4 Å². The molecule has 0 saturated carbocycles. The first-order valence-corrected chi connectivity index (χ1v) is 11.8. The van der Waals surface area contributed by atoms with Crippen LogP contribution in [0.1, 0.15) is 78.1 Å². The van der Waals surface area contributed by atoms with Crippen molar-refractivity contribution in [3.05, 3.63) is 40.8 Å². The highest BCUT2D eigenvalue weighted by Crippen LogP contribution is 2.34. The molecule has 0 amide bonds. The van der Waals surface area contributed by atoms with Crippen molar-refractivity contribution in [2.75, 3.05) is 20.3 Å². The Morgan fingerprint density at radius 1 is 0.871 bits per heavy atom. The van der Waals surface area contributed by atoms with Crippen molar-refractivity contribution >= 4 is 11.0 Å². The predicted molar refractivity (Wildman–Crippen MR) is 127 cm³/mol. The van der Waals surface area contributed by atoms with Gasteiger partial charge in [-0.3, -0.25) is 0 Å². The molecule has 172 valence electrons. The second-order valence-electron chi connectivity index (χ2n) is 7.75. The molecular formula is C26H38O5. The fourth-order valence-electron chi connectivity index (χ4n) is 3.48. The van der Waals surface area contributed by atoms with Crippen LogP contribution in [-0.2, 0) is 0 Å².